The second kappa shape index (κ2) is 5.94. The fraction of sp³-hybridized carbons (Fsp3) is 0.143. The molecule has 0 saturated carbocycles. The van der Waals surface area contributed by atoms with Crippen molar-refractivity contribution >= 4 is 0 Å². The molecule has 1 heterocycles. The molecule has 1 aromatic carbocycles. The maximum absolute atomic E-state index is 13.5. The second-order valence-corrected chi connectivity index (χ2v) is 3.87. The summed E-state index contributed by atoms with van der Waals surface area (Å²) in [5.41, 5.74) is 6.15. The topological polar surface area (TPSA) is 60.9 Å². The Hall–Kier alpha value is -2.45. The van der Waals surface area contributed by atoms with E-state index in [4.69, 9.17) is 5.73 Å². The minimum absolute atomic E-state index is 0.158. The van der Waals surface area contributed by atoms with Gasteiger partial charge in [0.25, 0.3) is 5.56 Å². The van der Waals surface area contributed by atoms with E-state index in [0.29, 0.717) is 6.54 Å². The van der Waals surface area contributed by atoms with Gasteiger partial charge in [0.15, 0.2) is 0 Å². The van der Waals surface area contributed by atoms with Crippen molar-refractivity contribution in [2.24, 2.45) is 5.73 Å². The highest BCUT2D eigenvalue weighted by molar-refractivity contribution is 5.38. The number of aromatic nitrogens is 2. The number of rotatable bonds is 2. The highest BCUT2D eigenvalue weighted by atomic mass is 19.1. The van der Waals surface area contributed by atoms with Crippen molar-refractivity contribution in [1.29, 1.82) is 0 Å². The van der Waals surface area contributed by atoms with Gasteiger partial charge in [-0.1, -0.05) is 17.9 Å². The standard InChI is InChI=1S/C14H12FN3O/c15-13-4-3-11(8-12(13)2-1-6-16)9-18-10-17-7-5-14(18)19/h3-5,7-8,10H,6,9,16H2. The van der Waals surface area contributed by atoms with E-state index in [1.165, 1.54) is 29.2 Å². The molecule has 0 spiro atoms. The maximum Gasteiger partial charge on any atom is 0.253 e. The van der Waals surface area contributed by atoms with Crippen LogP contribution in [0.25, 0.3) is 0 Å². The molecule has 0 radical (unpaired) electrons. The lowest BCUT2D eigenvalue weighted by Crippen LogP contribution is -2.19. The van der Waals surface area contributed by atoms with Crippen molar-refractivity contribution in [2.75, 3.05) is 6.54 Å². The molecule has 0 saturated heterocycles. The molecule has 96 valence electrons. The lowest BCUT2D eigenvalue weighted by molar-refractivity contribution is 0.622. The Bertz CT molecular complexity index is 698. The summed E-state index contributed by atoms with van der Waals surface area (Å²) in [7, 11) is 0. The monoisotopic (exact) mass is 257 g/mol. The third kappa shape index (κ3) is 3.27. The molecule has 0 atom stereocenters. The van der Waals surface area contributed by atoms with E-state index >= 15 is 0 Å². The van der Waals surface area contributed by atoms with Crippen molar-refractivity contribution in [2.45, 2.75) is 6.54 Å². The highest BCUT2D eigenvalue weighted by Gasteiger charge is 2.03. The summed E-state index contributed by atoms with van der Waals surface area (Å²) < 4.78 is 14.9. The normalized spacial score (nSPS) is 9.79. The summed E-state index contributed by atoms with van der Waals surface area (Å²) in [4.78, 5) is 15.4. The van der Waals surface area contributed by atoms with E-state index < -0.39 is 5.82 Å². The first-order valence-corrected chi connectivity index (χ1v) is 5.68. The van der Waals surface area contributed by atoms with Crippen LogP contribution in [0.1, 0.15) is 11.1 Å². The number of nitrogens with zero attached hydrogens (tertiary/aromatic N) is 2. The molecule has 19 heavy (non-hydrogen) atoms. The third-order valence-corrected chi connectivity index (χ3v) is 2.50. The SMILES string of the molecule is NCC#Cc1cc(Cn2cnccc2=O)ccc1F. The van der Waals surface area contributed by atoms with E-state index in [1.807, 2.05) is 0 Å². The van der Waals surface area contributed by atoms with Gasteiger partial charge < -0.3 is 5.73 Å². The van der Waals surface area contributed by atoms with Crippen LogP contribution in [0.15, 0.2) is 41.6 Å². The third-order valence-electron chi connectivity index (χ3n) is 2.50. The lowest BCUT2D eigenvalue weighted by atomic mass is 10.1. The summed E-state index contributed by atoms with van der Waals surface area (Å²) >= 11 is 0. The van der Waals surface area contributed by atoms with Gasteiger partial charge in [-0.15, -0.1) is 0 Å². The van der Waals surface area contributed by atoms with Gasteiger partial charge >= 0.3 is 0 Å². The zero-order valence-corrected chi connectivity index (χ0v) is 10.1. The molecule has 5 heteroatoms. The van der Waals surface area contributed by atoms with Crippen LogP contribution in [0.3, 0.4) is 0 Å². The first-order chi connectivity index (χ1) is 9.20. The minimum Gasteiger partial charge on any atom is -0.320 e. The lowest BCUT2D eigenvalue weighted by Gasteiger charge is -2.05. The van der Waals surface area contributed by atoms with E-state index in [1.54, 1.807) is 12.1 Å². The molecule has 2 rings (SSSR count). The first kappa shape index (κ1) is 13.0. The minimum atomic E-state index is -0.400. The van der Waals surface area contributed by atoms with E-state index in [0.717, 1.165) is 5.56 Å². The molecule has 0 fully saturated rings. The quantitative estimate of drug-likeness (QED) is 0.807. The number of benzene rings is 1. The smallest absolute Gasteiger partial charge is 0.253 e. The molecular weight excluding hydrogens is 245 g/mol. The van der Waals surface area contributed by atoms with Crippen molar-refractivity contribution in [3.8, 4) is 11.8 Å². The predicted molar refractivity (Wildman–Crippen MR) is 69.9 cm³/mol. The van der Waals surface area contributed by atoms with E-state index in [-0.39, 0.29) is 17.7 Å². The largest absolute Gasteiger partial charge is 0.320 e. The van der Waals surface area contributed by atoms with Crippen LogP contribution in [0.5, 0.6) is 0 Å². The summed E-state index contributed by atoms with van der Waals surface area (Å²) in [6.45, 7) is 0.496. The van der Waals surface area contributed by atoms with Gasteiger partial charge in [-0.2, -0.15) is 0 Å². The number of nitrogens with two attached hydrogens (primary N) is 1. The first-order valence-electron chi connectivity index (χ1n) is 5.68. The Labute approximate surface area is 109 Å². The second-order valence-electron chi connectivity index (χ2n) is 3.87. The van der Waals surface area contributed by atoms with Gasteiger partial charge in [0.05, 0.1) is 25.0 Å². The Balaban J connectivity index is 2.32. The highest BCUT2D eigenvalue weighted by Crippen LogP contribution is 2.10. The Morgan fingerprint density at radius 2 is 2.21 bits per heavy atom. The van der Waals surface area contributed by atoms with Gasteiger partial charge in [-0.05, 0) is 17.7 Å². The summed E-state index contributed by atoms with van der Waals surface area (Å²) in [6, 6.07) is 5.93. The molecule has 0 bridgehead atoms. The van der Waals surface area contributed by atoms with Gasteiger partial charge in [0.1, 0.15) is 5.82 Å². The molecule has 4 nitrogen and oxygen atoms in total. The number of hydrogen-bond donors (Lipinski definition) is 1. The molecule has 0 aliphatic rings. The fourth-order valence-corrected chi connectivity index (χ4v) is 1.61. The van der Waals surface area contributed by atoms with Crippen LogP contribution >= 0.6 is 0 Å². The molecule has 2 aromatic rings. The fourth-order valence-electron chi connectivity index (χ4n) is 1.61. The molecule has 0 amide bonds. The Morgan fingerprint density at radius 3 is 2.95 bits per heavy atom. The number of hydrogen-bond acceptors (Lipinski definition) is 3. The molecule has 0 unspecified atom stereocenters. The number of halogens is 1. The van der Waals surface area contributed by atoms with Crippen molar-refractivity contribution < 1.29 is 4.39 Å². The predicted octanol–water partition coefficient (Wildman–Crippen LogP) is 0.741. The zero-order valence-electron chi connectivity index (χ0n) is 10.1. The van der Waals surface area contributed by atoms with E-state index in [2.05, 4.69) is 16.8 Å². The van der Waals surface area contributed by atoms with Gasteiger partial charge in [-0.25, -0.2) is 9.37 Å². The van der Waals surface area contributed by atoms with Crippen LogP contribution in [0.4, 0.5) is 4.39 Å². The van der Waals surface area contributed by atoms with Crippen molar-refractivity contribution in [1.82, 2.24) is 9.55 Å². The van der Waals surface area contributed by atoms with Crippen LogP contribution in [-0.2, 0) is 6.54 Å². The van der Waals surface area contributed by atoms with Gasteiger partial charge in [-0.3, -0.25) is 9.36 Å². The van der Waals surface area contributed by atoms with Crippen molar-refractivity contribution in [3.63, 3.8) is 0 Å². The maximum atomic E-state index is 13.5. The van der Waals surface area contributed by atoms with E-state index in [9.17, 15) is 9.18 Å². The average molecular weight is 257 g/mol. The average Bonchev–Trinajstić information content (AvgIpc) is 2.42. The Kier molecular flexibility index (Phi) is 4.06. The van der Waals surface area contributed by atoms with Crippen molar-refractivity contribution in [3.05, 3.63) is 64.1 Å². The Morgan fingerprint density at radius 1 is 1.37 bits per heavy atom. The molecular formula is C14H12FN3O. The summed E-state index contributed by atoms with van der Waals surface area (Å²) in [6.07, 6.45) is 2.87. The zero-order chi connectivity index (χ0) is 13.7. The van der Waals surface area contributed by atoms with Gasteiger partial charge in [0, 0.05) is 12.3 Å². The summed E-state index contributed by atoms with van der Waals surface area (Å²) in [5.74, 6) is 4.87. The van der Waals surface area contributed by atoms with Gasteiger partial charge in [0.2, 0.25) is 0 Å². The molecule has 0 aliphatic carbocycles. The van der Waals surface area contributed by atoms with Crippen LogP contribution < -0.4 is 11.3 Å². The van der Waals surface area contributed by atoms with Crippen LogP contribution in [-0.4, -0.2) is 16.1 Å². The van der Waals surface area contributed by atoms with Crippen LogP contribution in [0, 0.1) is 17.7 Å². The molecule has 2 N–H and O–H groups in total. The van der Waals surface area contributed by atoms with Crippen LogP contribution in [0.2, 0.25) is 0 Å². The summed E-state index contributed by atoms with van der Waals surface area (Å²) in [5, 5.41) is 0. The molecule has 0 aliphatic heterocycles. The molecule has 1 aromatic heterocycles.